The summed E-state index contributed by atoms with van der Waals surface area (Å²) in [6.07, 6.45) is 7.44. The maximum atomic E-state index is 13.2. The van der Waals surface area contributed by atoms with Gasteiger partial charge in [-0.1, -0.05) is 50.0 Å². The molecule has 0 spiro atoms. The molecule has 0 aliphatic heterocycles. The van der Waals surface area contributed by atoms with E-state index in [2.05, 4.69) is 59.2 Å². The minimum Gasteiger partial charge on any atom is -0.361 e. The van der Waals surface area contributed by atoms with Gasteiger partial charge < -0.3 is 14.6 Å². The molecule has 0 unspecified atom stereocenters. The zero-order chi connectivity index (χ0) is 26.7. The van der Waals surface area contributed by atoms with Crippen LogP contribution in [0.15, 0.2) is 58.4 Å². The molecule has 1 aliphatic rings. The topological polar surface area (TPSA) is 93.9 Å². The molecule has 5 rings (SSSR count). The van der Waals surface area contributed by atoms with Gasteiger partial charge in [-0.25, -0.2) is 9.78 Å². The van der Waals surface area contributed by atoms with Crippen molar-refractivity contribution in [1.29, 1.82) is 0 Å². The molecule has 202 valence electrons. The summed E-state index contributed by atoms with van der Waals surface area (Å²) in [5.41, 5.74) is 2.00. The second-order valence-electron chi connectivity index (χ2n) is 11.8. The average Bonchev–Trinajstić information content (AvgIpc) is 3.31. The third kappa shape index (κ3) is 6.00. The van der Waals surface area contributed by atoms with Crippen molar-refractivity contribution >= 4 is 30.0 Å². The van der Waals surface area contributed by atoms with Gasteiger partial charge in [0.1, 0.15) is 12.4 Å². The van der Waals surface area contributed by atoms with E-state index in [0.29, 0.717) is 23.6 Å². The van der Waals surface area contributed by atoms with Crippen molar-refractivity contribution in [3.8, 4) is 0 Å². The first-order valence-corrected chi connectivity index (χ1v) is 17.5. The molecule has 0 bridgehead atoms. The number of H-pyrrole nitrogens is 1. The molecule has 0 saturated heterocycles. The number of aromatic nitrogens is 4. The number of rotatable bonds is 10. The first kappa shape index (κ1) is 26.6. The van der Waals surface area contributed by atoms with Gasteiger partial charge >= 0.3 is 5.69 Å². The summed E-state index contributed by atoms with van der Waals surface area (Å²) < 4.78 is 9.74. The van der Waals surface area contributed by atoms with Crippen LogP contribution in [0.5, 0.6) is 0 Å². The van der Waals surface area contributed by atoms with Crippen molar-refractivity contribution in [1.82, 2.24) is 24.4 Å². The van der Waals surface area contributed by atoms with E-state index in [1.807, 2.05) is 27.5 Å². The average molecular weight is 534 g/mol. The Kier molecular flexibility index (Phi) is 7.97. The zero-order valence-electron chi connectivity index (χ0n) is 22.7. The lowest BCUT2D eigenvalue weighted by Gasteiger charge is -2.30. The van der Waals surface area contributed by atoms with Gasteiger partial charge in [-0.2, -0.15) is 0 Å². The van der Waals surface area contributed by atoms with Crippen molar-refractivity contribution in [2.24, 2.45) is 5.92 Å². The standard InChI is InChI=1S/C29H39N5O3Si/c1-38(2,3)16-15-37-20-33-14-13-24-26-25(19-31-27(24)33)28(35)32-29(36)34(26)23-11-9-22(10-12-23)18-30-17-21-7-5-4-6-8-21/h4-8,13-14,19,22-23,30H,9-12,15-18,20H2,1-3H3,(H,32,35,36). The highest BCUT2D eigenvalue weighted by Crippen LogP contribution is 2.34. The van der Waals surface area contributed by atoms with Crippen molar-refractivity contribution in [2.45, 2.75) is 70.7 Å². The van der Waals surface area contributed by atoms with Crippen molar-refractivity contribution in [2.75, 3.05) is 13.2 Å². The molecule has 0 radical (unpaired) electrons. The largest absolute Gasteiger partial charge is 0.361 e. The highest BCUT2D eigenvalue weighted by Gasteiger charge is 2.26. The molecule has 1 saturated carbocycles. The summed E-state index contributed by atoms with van der Waals surface area (Å²) in [5, 5.41) is 4.88. The number of hydrogen-bond donors (Lipinski definition) is 2. The maximum absolute atomic E-state index is 13.2. The Bertz CT molecular complexity index is 1490. The van der Waals surface area contributed by atoms with E-state index >= 15 is 0 Å². The Morgan fingerprint density at radius 3 is 2.55 bits per heavy atom. The summed E-state index contributed by atoms with van der Waals surface area (Å²) >= 11 is 0. The van der Waals surface area contributed by atoms with Gasteiger partial charge in [0.15, 0.2) is 0 Å². The monoisotopic (exact) mass is 533 g/mol. The molecular weight excluding hydrogens is 494 g/mol. The Hall–Kier alpha value is -3.01. The minimum absolute atomic E-state index is 0.0502. The number of nitrogens with zero attached hydrogens (tertiary/aromatic N) is 3. The Morgan fingerprint density at radius 2 is 1.82 bits per heavy atom. The molecule has 2 N–H and O–H groups in total. The predicted molar refractivity (Wildman–Crippen MR) is 155 cm³/mol. The molecular formula is C29H39N5O3Si. The van der Waals surface area contributed by atoms with Gasteiger partial charge in [-0.15, -0.1) is 0 Å². The molecule has 0 atom stereocenters. The zero-order valence-corrected chi connectivity index (χ0v) is 23.7. The van der Waals surface area contributed by atoms with E-state index in [0.717, 1.165) is 62.5 Å². The van der Waals surface area contributed by atoms with Crippen LogP contribution in [-0.4, -0.2) is 40.3 Å². The third-order valence-corrected chi connectivity index (χ3v) is 9.40. The van der Waals surface area contributed by atoms with E-state index in [1.165, 1.54) is 5.56 Å². The van der Waals surface area contributed by atoms with Crippen LogP contribution in [-0.2, 0) is 18.0 Å². The molecule has 9 heteroatoms. The number of fused-ring (bicyclic) bond motifs is 3. The van der Waals surface area contributed by atoms with Gasteiger partial charge in [0.25, 0.3) is 5.56 Å². The van der Waals surface area contributed by atoms with Crippen molar-refractivity contribution < 1.29 is 4.74 Å². The van der Waals surface area contributed by atoms with Crippen LogP contribution in [0.3, 0.4) is 0 Å². The number of benzene rings is 1. The molecule has 0 amide bonds. The predicted octanol–water partition coefficient (Wildman–Crippen LogP) is 4.87. The molecule has 1 fully saturated rings. The van der Waals surface area contributed by atoms with E-state index in [1.54, 1.807) is 6.20 Å². The second kappa shape index (κ2) is 11.4. The van der Waals surface area contributed by atoms with Crippen LogP contribution in [0.2, 0.25) is 25.7 Å². The maximum Gasteiger partial charge on any atom is 0.329 e. The van der Waals surface area contributed by atoms with Crippen molar-refractivity contribution in [3.05, 3.63) is 75.2 Å². The summed E-state index contributed by atoms with van der Waals surface area (Å²) in [4.78, 5) is 33.0. The van der Waals surface area contributed by atoms with Gasteiger partial charge in [0, 0.05) is 45.0 Å². The normalized spacial score (nSPS) is 18.4. The van der Waals surface area contributed by atoms with Crippen LogP contribution in [0.4, 0.5) is 0 Å². The van der Waals surface area contributed by atoms with Crippen LogP contribution < -0.4 is 16.6 Å². The Morgan fingerprint density at radius 1 is 1.05 bits per heavy atom. The SMILES string of the molecule is C[Si](C)(C)CCOCn1ccc2c1ncc1c(=O)[nH]c(=O)n(C3CCC(CNCc4ccccc4)CC3)c12. The van der Waals surface area contributed by atoms with Crippen LogP contribution in [0, 0.1) is 5.92 Å². The summed E-state index contributed by atoms with van der Waals surface area (Å²) in [6, 6.07) is 13.6. The number of hydrogen-bond acceptors (Lipinski definition) is 5. The summed E-state index contributed by atoms with van der Waals surface area (Å²) in [7, 11) is -1.17. The molecule has 1 aromatic carbocycles. The number of pyridine rings is 1. The van der Waals surface area contributed by atoms with Crippen LogP contribution in [0.25, 0.3) is 21.9 Å². The molecule has 3 heterocycles. The highest BCUT2D eigenvalue weighted by molar-refractivity contribution is 6.76. The summed E-state index contributed by atoms with van der Waals surface area (Å²) in [5.74, 6) is 0.579. The third-order valence-electron chi connectivity index (χ3n) is 7.70. The minimum atomic E-state index is -1.17. The first-order chi connectivity index (χ1) is 18.3. The second-order valence-corrected chi connectivity index (χ2v) is 17.4. The lowest BCUT2D eigenvalue weighted by Crippen LogP contribution is -2.35. The summed E-state index contributed by atoms with van der Waals surface area (Å²) in [6.45, 7) is 9.96. The van der Waals surface area contributed by atoms with E-state index in [-0.39, 0.29) is 17.3 Å². The molecule has 3 aromatic heterocycles. The fourth-order valence-corrected chi connectivity index (χ4v) is 6.25. The van der Waals surface area contributed by atoms with Gasteiger partial charge in [-0.05, 0) is 55.8 Å². The van der Waals surface area contributed by atoms with Gasteiger partial charge in [0.05, 0.1) is 10.9 Å². The number of nitrogens with one attached hydrogen (secondary N) is 2. The van der Waals surface area contributed by atoms with Crippen LogP contribution >= 0.6 is 0 Å². The number of aromatic amines is 1. The molecule has 38 heavy (non-hydrogen) atoms. The fraction of sp³-hybridized carbons (Fsp3) is 0.483. The first-order valence-electron chi connectivity index (χ1n) is 13.7. The smallest absolute Gasteiger partial charge is 0.329 e. The van der Waals surface area contributed by atoms with Crippen LogP contribution in [0.1, 0.15) is 37.3 Å². The molecule has 1 aliphatic carbocycles. The van der Waals surface area contributed by atoms with Gasteiger partial charge in [0.2, 0.25) is 0 Å². The lowest BCUT2D eigenvalue weighted by atomic mass is 9.85. The fourth-order valence-electron chi connectivity index (χ4n) is 5.49. The van der Waals surface area contributed by atoms with E-state index in [4.69, 9.17) is 4.74 Å². The van der Waals surface area contributed by atoms with E-state index in [9.17, 15) is 9.59 Å². The molecule has 8 nitrogen and oxygen atoms in total. The van der Waals surface area contributed by atoms with Gasteiger partial charge in [-0.3, -0.25) is 14.3 Å². The highest BCUT2D eigenvalue weighted by atomic mass is 28.3. The Labute approximate surface area is 224 Å². The molecule has 4 aromatic rings. The lowest BCUT2D eigenvalue weighted by molar-refractivity contribution is 0.0899. The number of ether oxygens (including phenoxy) is 1. The Balaban J connectivity index is 1.33. The van der Waals surface area contributed by atoms with E-state index < -0.39 is 8.07 Å². The quantitative estimate of drug-likeness (QED) is 0.224. The van der Waals surface area contributed by atoms with Crippen molar-refractivity contribution in [3.63, 3.8) is 0 Å².